The van der Waals surface area contributed by atoms with Crippen LogP contribution in [0.4, 0.5) is 0 Å². The standard InChI is InChI=1S/C11H15NO/c1-2-7-4-3-5-8-6-9(13)11(12)10(7)8/h3-5,9,11,13H,2,6,12H2,1H3/t9?,11-/m1/s1. The van der Waals surface area contributed by atoms with E-state index >= 15 is 0 Å². The molecule has 2 nitrogen and oxygen atoms in total. The molecule has 1 aromatic rings. The minimum atomic E-state index is -0.386. The van der Waals surface area contributed by atoms with E-state index in [1.165, 1.54) is 16.7 Å². The predicted octanol–water partition coefficient (Wildman–Crippen LogP) is 1.17. The molecule has 0 saturated heterocycles. The summed E-state index contributed by atoms with van der Waals surface area (Å²) >= 11 is 0. The van der Waals surface area contributed by atoms with Crippen LogP contribution in [0.2, 0.25) is 0 Å². The molecule has 0 spiro atoms. The van der Waals surface area contributed by atoms with Crippen LogP contribution in [0.5, 0.6) is 0 Å². The SMILES string of the molecule is CCc1cccc2c1[C@H](N)C(O)C2. The summed E-state index contributed by atoms with van der Waals surface area (Å²) in [5, 5.41) is 9.61. The zero-order valence-corrected chi connectivity index (χ0v) is 7.83. The fourth-order valence-corrected chi connectivity index (χ4v) is 2.13. The van der Waals surface area contributed by atoms with Gasteiger partial charge in [-0.15, -0.1) is 0 Å². The van der Waals surface area contributed by atoms with E-state index in [2.05, 4.69) is 19.1 Å². The highest BCUT2D eigenvalue weighted by Crippen LogP contribution is 2.32. The molecule has 0 heterocycles. The first-order valence-electron chi connectivity index (χ1n) is 4.78. The molecule has 0 amide bonds. The molecule has 0 fully saturated rings. The van der Waals surface area contributed by atoms with E-state index in [1.807, 2.05) is 6.07 Å². The van der Waals surface area contributed by atoms with Crippen LogP contribution >= 0.6 is 0 Å². The third-order valence-corrected chi connectivity index (χ3v) is 2.84. The second-order valence-electron chi connectivity index (χ2n) is 3.64. The molecule has 2 heteroatoms. The first-order valence-corrected chi connectivity index (χ1v) is 4.78. The quantitative estimate of drug-likeness (QED) is 0.676. The van der Waals surface area contributed by atoms with Crippen molar-refractivity contribution in [2.75, 3.05) is 0 Å². The third-order valence-electron chi connectivity index (χ3n) is 2.84. The molecule has 0 radical (unpaired) electrons. The molecule has 1 aromatic carbocycles. The lowest BCUT2D eigenvalue weighted by molar-refractivity contribution is 0.158. The van der Waals surface area contributed by atoms with Crippen molar-refractivity contribution < 1.29 is 5.11 Å². The summed E-state index contributed by atoms with van der Waals surface area (Å²) in [6.45, 7) is 2.12. The Bertz CT molecular complexity index is 322. The minimum absolute atomic E-state index is 0.175. The first kappa shape index (κ1) is 8.73. The average molecular weight is 177 g/mol. The van der Waals surface area contributed by atoms with Crippen LogP contribution in [0.25, 0.3) is 0 Å². The summed E-state index contributed by atoms with van der Waals surface area (Å²) in [5.41, 5.74) is 9.60. The van der Waals surface area contributed by atoms with Gasteiger partial charge in [0.25, 0.3) is 0 Å². The van der Waals surface area contributed by atoms with Crippen LogP contribution in [0.15, 0.2) is 18.2 Å². The van der Waals surface area contributed by atoms with Crippen LogP contribution in [0, 0.1) is 0 Å². The third kappa shape index (κ3) is 1.26. The molecule has 13 heavy (non-hydrogen) atoms. The summed E-state index contributed by atoms with van der Waals surface area (Å²) < 4.78 is 0. The van der Waals surface area contributed by atoms with Gasteiger partial charge in [0.15, 0.2) is 0 Å². The van der Waals surface area contributed by atoms with E-state index in [-0.39, 0.29) is 12.1 Å². The lowest BCUT2D eigenvalue weighted by Crippen LogP contribution is -2.21. The number of benzene rings is 1. The molecule has 0 aromatic heterocycles. The maximum absolute atomic E-state index is 9.61. The summed E-state index contributed by atoms with van der Waals surface area (Å²) in [6.07, 6.45) is 1.32. The number of fused-ring (bicyclic) bond motifs is 1. The van der Waals surface area contributed by atoms with Gasteiger partial charge in [0, 0.05) is 6.42 Å². The molecule has 70 valence electrons. The van der Waals surface area contributed by atoms with E-state index in [1.54, 1.807) is 0 Å². The summed E-state index contributed by atoms with van der Waals surface area (Å²) in [6, 6.07) is 6.02. The van der Waals surface area contributed by atoms with Gasteiger partial charge in [-0.2, -0.15) is 0 Å². The largest absolute Gasteiger partial charge is 0.391 e. The molecule has 3 N–H and O–H groups in total. The van der Waals surface area contributed by atoms with Crippen LogP contribution in [0.1, 0.15) is 29.7 Å². The van der Waals surface area contributed by atoms with Crippen molar-refractivity contribution >= 4 is 0 Å². The van der Waals surface area contributed by atoms with Gasteiger partial charge in [-0.1, -0.05) is 25.1 Å². The van der Waals surface area contributed by atoms with Crippen LogP contribution in [-0.2, 0) is 12.8 Å². The molecule has 0 saturated carbocycles. The van der Waals surface area contributed by atoms with Gasteiger partial charge in [-0.3, -0.25) is 0 Å². The van der Waals surface area contributed by atoms with Crippen molar-refractivity contribution in [2.24, 2.45) is 5.73 Å². The monoisotopic (exact) mass is 177 g/mol. The van der Waals surface area contributed by atoms with Gasteiger partial charge in [-0.05, 0) is 23.1 Å². The van der Waals surface area contributed by atoms with Crippen molar-refractivity contribution in [3.8, 4) is 0 Å². The molecule has 1 aliphatic carbocycles. The van der Waals surface area contributed by atoms with Gasteiger partial charge < -0.3 is 10.8 Å². The van der Waals surface area contributed by atoms with Gasteiger partial charge in [0.05, 0.1) is 12.1 Å². The topological polar surface area (TPSA) is 46.2 Å². The Morgan fingerprint density at radius 2 is 2.31 bits per heavy atom. The summed E-state index contributed by atoms with van der Waals surface area (Å²) in [5.74, 6) is 0. The van der Waals surface area contributed by atoms with E-state index in [0.29, 0.717) is 6.42 Å². The van der Waals surface area contributed by atoms with Crippen LogP contribution < -0.4 is 5.73 Å². The second kappa shape index (κ2) is 3.13. The highest BCUT2D eigenvalue weighted by atomic mass is 16.3. The Balaban J connectivity index is 2.51. The zero-order chi connectivity index (χ0) is 9.42. The van der Waals surface area contributed by atoms with Gasteiger partial charge in [-0.25, -0.2) is 0 Å². The normalized spacial score (nSPS) is 26.1. The van der Waals surface area contributed by atoms with Crippen molar-refractivity contribution in [3.63, 3.8) is 0 Å². The van der Waals surface area contributed by atoms with Crippen molar-refractivity contribution in [2.45, 2.75) is 31.9 Å². The first-order chi connectivity index (χ1) is 6.24. The number of hydrogen-bond acceptors (Lipinski definition) is 2. The molecule has 1 aliphatic rings. The number of aryl methyl sites for hydroxylation is 1. The number of rotatable bonds is 1. The van der Waals surface area contributed by atoms with E-state index < -0.39 is 0 Å². The Labute approximate surface area is 78.4 Å². The zero-order valence-electron chi connectivity index (χ0n) is 7.83. The van der Waals surface area contributed by atoms with Gasteiger partial charge >= 0.3 is 0 Å². The van der Waals surface area contributed by atoms with E-state index in [0.717, 1.165) is 6.42 Å². The second-order valence-corrected chi connectivity index (χ2v) is 3.64. The Hall–Kier alpha value is -0.860. The predicted molar refractivity (Wildman–Crippen MR) is 52.5 cm³/mol. The van der Waals surface area contributed by atoms with Crippen LogP contribution in [-0.4, -0.2) is 11.2 Å². The molecular weight excluding hydrogens is 162 g/mol. The van der Waals surface area contributed by atoms with Gasteiger partial charge in [0.1, 0.15) is 0 Å². The molecular formula is C11H15NO. The summed E-state index contributed by atoms with van der Waals surface area (Å²) in [7, 11) is 0. The Kier molecular flexibility index (Phi) is 2.10. The molecule has 2 atom stereocenters. The molecule has 0 aliphatic heterocycles. The number of nitrogens with two attached hydrogens (primary N) is 1. The lowest BCUT2D eigenvalue weighted by Gasteiger charge is -2.12. The Morgan fingerprint density at radius 1 is 1.54 bits per heavy atom. The summed E-state index contributed by atoms with van der Waals surface area (Å²) in [4.78, 5) is 0. The van der Waals surface area contributed by atoms with E-state index in [4.69, 9.17) is 5.73 Å². The fraction of sp³-hybridized carbons (Fsp3) is 0.455. The molecule has 1 unspecified atom stereocenters. The van der Waals surface area contributed by atoms with Crippen molar-refractivity contribution in [3.05, 3.63) is 34.9 Å². The maximum Gasteiger partial charge on any atom is 0.0773 e. The van der Waals surface area contributed by atoms with Crippen molar-refractivity contribution in [1.82, 2.24) is 0 Å². The smallest absolute Gasteiger partial charge is 0.0773 e. The van der Waals surface area contributed by atoms with Crippen LogP contribution in [0.3, 0.4) is 0 Å². The highest BCUT2D eigenvalue weighted by Gasteiger charge is 2.29. The number of hydrogen-bond donors (Lipinski definition) is 2. The number of aliphatic hydroxyl groups is 1. The lowest BCUT2D eigenvalue weighted by atomic mass is 9.99. The highest BCUT2D eigenvalue weighted by molar-refractivity contribution is 5.42. The maximum atomic E-state index is 9.61. The number of aliphatic hydroxyl groups excluding tert-OH is 1. The average Bonchev–Trinajstić information content (AvgIpc) is 2.43. The fourth-order valence-electron chi connectivity index (χ4n) is 2.13. The molecule has 0 bridgehead atoms. The van der Waals surface area contributed by atoms with Gasteiger partial charge in [0.2, 0.25) is 0 Å². The Morgan fingerprint density at radius 3 is 3.00 bits per heavy atom. The minimum Gasteiger partial charge on any atom is -0.391 e. The van der Waals surface area contributed by atoms with Crippen molar-refractivity contribution in [1.29, 1.82) is 0 Å². The molecule has 2 rings (SSSR count). The van der Waals surface area contributed by atoms with E-state index in [9.17, 15) is 5.11 Å².